The molecule has 0 aliphatic heterocycles. The van der Waals surface area contributed by atoms with Gasteiger partial charge in [-0.2, -0.15) is 0 Å². The van der Waals surface area contributed by atoms with Gasteiger partial charge >= 0.3 is 0 Å². The molecule has 0 bridgehead atoms. The molecular weight excluding hydrogens is 246 g/mol. The highest BCUT2D eigenvalue weighted by atomic mass is 32.2. The van der Waals surface area contributed by atoms with Crippen LogP contribution >= 0.6 is 11.8 Å². The van der Waals surface area contributed by atoms with Gasteiger partial charge in [0.1, 0.15) is 0 Å². The molecule has 1 aromatic carbocycles. The van der Waals surface area contributed by atoms with Crippen LogP contribution in [0.25, 0.3) is 0 Å². The maximum atomic E-state index is 11.8. The number of carbonyl (C=O) groups is 1. The summed E-state index contributed by atoms with van der Waals surface area (Å²) >= 11 is 1.60. The number of benzene rings is 1. The molecule has 4 heteroatoms. The second kappa shape index (κ2) is 6.25. The van der Waals surface area contributed by atoms with Crippen LogP contribution in [0.4, 0.5) is 5.69 Å². The van der Waals surface area contributed by atoms with Crippen LogP contribution < -0.4 is 5.32 Å². The van der Waals surface area contributed by atoms with Gasteiger partial charge in [-0.05, 0) is 13.0 Å². The lowest BCUT2D eigenvalue weighted by molar-refractivity contribution is -0.113. The Hall–Kier alpha value is -1.000. The zero-order valence-electron chi connectivity index (χ0n) is 11.4. The Bertz CT molecular complexity index is 411. The van der Waals surface area contributed by atoms with Gasteiger partial charge < -0.3 is 10.4 Å². The molecule has 0 saturated carbocycles. The van der Waals surface area contributed by atoms with Crippen LogP contribution in [-0.4, -0.2) is 21.5 Å². The third kappa shape index (κ3) is 5.10. The number of carbonyl (C=O) groups excluding carboxylic acids is 1. The van der Waals surface area contributed by atoms with Crippen molar-refractivity contribution in [3.05, 3.63) is 29.8 Å². The van der Waals surface area contributed by atoms with E-state index in [2.05, 4.69) is 26.1 Å². The van der Waals surface area contributed by atoms with Crippen molar-refractivity contribution in [2.24, 2.45) is 0 Å². The van der Waals surface area contributed by atoms with E-state index in [4.69, 9.17) is 0 Å². The third-order valence-corrected chi connectivity index (χ3v) is 3.59. The largest absolute Gasteiger partial charge is 0.389 e. The van der Waals surface area contributed by atoms with Crippen molar-refractivity contribution in [2.75, 3.05) is 11.1 Å². The lowest BCUT2D eigenvalue weighted by atomic mass is 10.1. The molecule has 1 amide bonds. The first-order valence-electron chi connectivity index (χ1n) is 6.00. The van der Waals surface area contributed by atoms with Gasteiger partial charge in [-0.25, -0.2) is 0 Å². The first kappa shape index (κ1) is 15.1. The summed E-state index contributed by atoms with van der Waals surface area (Å²) in [6, 6.07) is 7.32. The molecule has 1 rings (SSSR count). The fourth-order valence-electron chi connectivity index (χ4n) is 1.44. The number of anilines is 1. The number of amides is 1. The number of hydrogen-bond acceptors (Lipinski definition) is 3. The van der Waals surface area contributed by atoms with Gasteiger partial charge in [0.25, 0.3) is 0 Å². The summed E-state index contributed by atoms with van der Waals surface area (Å²) in [5.41, 5.74) is 1.43. The normalized spacial score (nSPS) is 13.2. The standard InChI is InChI=1S/C14H21NO2S/c1-10(16)11-7-5-6-8-12(11)15-13(17)9-18-14(2,3)4/h5-8,10,16H,9H2,1-4H3,(H,15,17). The first-order valence-corrected chi connectivity index (χ1v) is 6.99. The molecule has 0 heterocycles. The molecule has 100 valence electrons. The molecule has 0 aromatic heterocycles. The number of aliphatic hydroxyl groups is 1. The average Bonchev–Trinajstić information content (AvgIpc) is 2.26. The number of hydrogen-bond donors (Lipinski definition) is 2. The Morgan fingerprint density at radius 3 is 2.56 bits per heavy atom. The minimum absolute atomic E-state index is 0.0389. The SMILES string of the molecule is CC(O)c1ccccc1NC(=O)CSC(C)(C)C. The summed E-state index contributed by atoms with van der Waals surface area (Å²) in [4.78, 5) is 11.8. The van der Waals surface area contributed by atoms with Gasteiger partial charge in [-0.3, -0.25) is 4.79 Å². The average molecular weight is 267 g/mol. The fourth-order valence-corrected chi connectivity index (χ4v) is 2.08. The van der Waals surface area contributed by atoms with Crippen molar-refractivity contribution in [3.8, 4) is 0 Å². The van der Waals surface area contributed by atoms with Crippen LogP contribution in [0.5, 0.6) is 0 Å². The molecule has 1 aromatic rings. The fraction of sp³-hybridized carbons (Fsp3) is 0.500. The predicted octanol–water partition coefficient (Wildman–Crippen LogP) is 3.21. The molecule has 0 saturated heterocycles. The van der Waals surface area contributed by atoms with E-state index in [0.29, 0.717) is 11.4 Å². The molecule has 0 spiro atoms. The molecule has 1 atom stereocenters. The van der Waals surface area contributed by atoms with Crippen LogP contribution in [0.2, 0.25) is 0 Å². The summed E-state index contributed by atoms with van der Waals surface area (Å²) in [6.07, 6.45) is -0.586. The minimum atomic E-state index is -0.586. The van der Waals surface area contributed by atoms with Gasteiger partial charge in [-0.15, -0.1) is 11.8 Å². The monoisotopic (exact) mass is 267 g/mol. The van der Waals surface area contributed by atoms with Gasteiger partial charge in [0.2, 0.25) is 5.91 Å². The quantitative estimate of drug-likeness (QED) is 0.880. The van der Waals surface area contributed by atoms with Gasteiger partial charge in [0.05, 0.1) is 11.9 Å². The molecule has 0 fully saturated rings. The highest BCUT2D eigenvalue weighted by Crippen LogP contribution is 2.25. The lowest BCUT2D eigenvalue weighted by Gasteiger charge is -2.18. The van der Waals surface area contributed by atoms with Gasteiger partial charge in [0.15, 0.2) is 0 Å². The van der Waals surface area contributed by atoms with Crippen molar-refractivity contribution in [1.29, 1.82) is 0 Å². The smallest absolute Gasteiger partial charge is 0.234 e. The van der Waals surface area contributed by atoms with E-state index in [9.17, 15) is 9.90 Å². The Labute approximate surface area is 113 Å². The van der Waals surface area contributed by atoms with Crippen LogP contribution in [0.15, 0.2) is 24.3 Å². The van der Waals surface area contributed by atoms with E-state index < -0.39 is 6.10 Å². The maximum absolute atomic E-state index is 11.8. The molecule has 18 heavy (non-hydrogen) atoms. The minimum Gasteiger partial charge on any atom is -0.389 e. The number of thioether (sulfide) groups is 1. The van der Waals surface area contributed by atoms with Gasteiger partial charge in [-0.1, -0.05) is 39.0 Å². The molecule has 3 nitrogen and oxygen atoms in total. The highest BCUT2D eigenvalue weighted by Gasteiger charge is 2.15. The van der Waals surface area contributed by atoms with Crippen molar-refractivity contribution in [3.63, 3.8) is 0 Å². The zero-order valence-corrected chi connectivity index (χ0v) is 12.2. The first-order chi connectivity index (χ1) is 8.29. The molecule has 0 aliphatic carbocycles. The van der Waals surface area contributed by atoms with Crippen molar-refractivity contribution in [2.45, 2.75) is 38.5 Å². The number of nitrogens with one attached hydrogen (secondary N) is 1. The zero-order chi connectivity index (χ0) is 13.8. The van der Waals surface area contributed by atoms with Crippen LogP contribution in [0.3, 0.4) is 0 Å². The van der Waals surface area contributed by atoms with Crippen LogP contribution in [0, 0.1) is 0 Å². The van der Waals surface area contributed by atoms with Gasteiger partial charge in [0, 0.05) is 16.0 Å². The highest BCUT2D eigenvalue weighted by molar-refractivity contribution is 8.01. The Morgan fingerprint density at radius 2 is 2.00 bits per heavy atom. The molecule has 0 aliphatic rings. The molecule has 0 radical (unpaired) electrons. The van der Waals surface area contributed by atoms with Crippen LogP contribution in [-0.2, 0) is 4.79 Å². The van der Waals surface area contributed by atoms with Crippen LogP contribution in [0.1, 0.15) is 39.4 Å². The van der Waals surface area contributed by atoms with E-state index in [1.165, 1.54) is 0 Å². The second-order valence-corrected chi connectivity index (χ2v) is 7.01. The van der Waals surface area contributed by atoms with E-state index in [-0.39, 0.29) is 10.7 Å². The number of para-hydroxylation sites is 1. The molecule has 1 unspecified atom stereocenters. The second-order valence-electron chi connectivity index (χ2n) is 5.21. The topological polar surface area (TPSA) is 49.3 Å². The summed E-state index contributed by atoms with van der Waals surface area (Å²) in [7, 11) is 0. The maximum Gasteiger partial charge on any atom is 0.234 e. The predicted molar refractivity (Wildman–Crippen MR) is 77.9 cm³/mol. The number of aliphatic hydroxyl groups excluding tert-OH is 1. The third-order valence-electron chi connectivity index (χ3n) is 2.32. The van der Waals surface area contributed by atoms with E-state index in [0.717, 1.165) is 5.56 Å². The van der Waals surface area contributed by atoms with E-state index in [1.54, 1.807) is 18.7 Å². The summed E-state index contributed by atoms with van der Waals surface area (Å²) in [5, 5.41) is 12.5. The Morgan fingerprint density at radius 1 is 1.39 bits per heavy atom. The van der Waals surface area contributed by atoms with E-state index >= 15 is 0 Å². The van der Waals surface area contributed by atoms with Crippen molar-refractivity contribution >= 4 is 23.4 Å². The number of rotatable bonds is 4. The summed E-state index contributed by atoms with van der Waals surface area (Å²) in [6.45, 7) is 7.92. The van der Waals surface area contributed by atoms with E-state index in [1.807, 2.05) is 24.3 Å². The van der Waals surface area contributed by atoms with Crippen molar-refractivity contribution < 1.29 is 9.90 Å². The summed E-state index contributed by atoms with van der Waals surface area (Å²) < 4.78 is 0.0706. The Kier molecular flexibility index (Phi) is 5.23. The lowest BCUT2D eigenvalue weighted by Crippen LogP contribution is -2.19. The van der Waals surface area contributed by atoms with Crippen molar-refractivity contribution in [1.82, 2.24) is 0 Å². The molecule has 2 N–H and O–H groups in total. The molecular formula is C14H21NO2S. The summed E-state index contributed by atoms with van der Waals surface area (Å²) in [5.74, 6) is 0.375. The Balaban J connectivity index is 2.65.